The van der Waals surface area contributed by atoms with Gasteiger partial charge in [0, 0.05) is 5.56 Å². The summed E-state index contributed by atoms with van der Waals surface area (Å²) in [5, 5.41) is -5.68. The largest absolute Gasteiger partial charge is 0.493 e. The van der Waals surface area contributed by atoms with Gasteiger partial charge in [0.25, 0.3) is 0 Å². The lowest BCUT2D eigenvalue weighted by atomic mass is 10.1. The molecule has 1 heterocycles. The van der Waals surface area contributed by atoms with E-state index in [1.54, 1.807) is 36.4 Å². The molecule has 0 saturated carbocycles. The van der Waals surface area contributed by atoms with Crippen molar-refractivity contribution in [2.75, 3.05) is 13.2 Å². The number of ether oxygens (including phenoxy) is 3. The van der Waals surface area contributed by atoms with Gasteiger partial charge in [0.15, 0.2) is 26.1 Å². The molecule has 0 aliphatic carbocycles. The zero-order chi connectivity index (χ0) is 31.9. The Bertz CT molecular complexity index is 1520. The van der Waals surface area contributed by atoms with Crippen LogP contribution in [0.15, 0.2) is 93.5 Å². The van der Waals surface area contributed by atoms with E-state index < -0.39 is 69.4 Å². The second-order valence-corrected chi connectivity index (χ2v) is 13.5. The van der Waals surface area contributed by atoms with Crippen molar-refractivity contribution in [1.29, 1.82) is 0 Å². The Morgan fingerprint density at radius 2 is 1.35 bits per heavy atom. The van der Waals surface area contributed by atoms with E-state index in [-0.39, 0.29) is 5.75 Å². The van der Waals surface area contributed by atoms with E-state index in [1.807, 2.05) is 30.3 Å². The highest BCUT2D eigenvalue weighted by atomic mass is 32.2. The molecular formula is C28H26F7O6S2+. The van der Waals surface area contributed by atoms with Crippen LogP contribution in [0.2, 0.25) is 0 Å². The Balaban J connectivity index is 1.53. The van der Waals surface area contributed by atoms with E-state index >= 15 is 0 Å². The van der Waals surface area contributed by atoms with Crippen LogP contribution in [0, 0.1) is 0 Å². The molecule has 0 spiro atoms. The van der Waals surface area contributed by atoms with Gasteiger partial charge in [-0.05, 0) is 74.5 Å². The molecule has 0 amide bonds. The highest BCUT2D eigenvalue weighted by Crippen LogP contribution is 2.47. The first-order valence-corrected chi connectivity index (χ1v) is 15.2. The van der Waals surface area contributed by atoms with Crippen LogP contribution in [0.1, 0.15) is 25.8 Å². The van der Waals surface area contributed by atoms with Crippen LogP contribution in [0.25, 0.3) is 0 Å². The van der Waals surface area contributed by atoms with Crippen molar-refractivity contribution in [3.63, 3.8) is 0 Å². The first-order valence-electron chi connectivity index (χ1n) is 12.6. The maximum absolute atomic E-state index is 13.8. The van der Waals surface area contributed by atoms with Gasteiger partial charge in [0.05, 0.1) is 30.5 Å². The van der Waals surface area contributed by atoms with Crippen molar-refractivity contribution in [1.82, 2.24) is 0 Å². The van der Waals surface area contributed by atoms with Gasteiger partial charge in [-0.25, -0.2) is 0 Å². The molecule has 4 rings (SSSR count). The zero-order valence-corrected chi connectivity index (χ0v) is 24.2. The van der Waals surface area contributed by atoms with Crippen molar-refractivity contribution < 1.29 is 57.9 Å². The van der Waals surface area contributed by atoms with Crippen LogP contribution in [0.3, 0.4) is 0 Å². The minimum absolute atomic E-state index is 0.0397. The van der Waals surface area contributed by atoms with Crippen molar-refractivity contribution in [3.05, 3.63) is 84.4 Å². The molecule has 1 aliphatic heterocycles. The van der Waals surface area contributed by atoms with Crippen molar-refractivity contribution in [2.45, 2.75) is 63.7 Å². The van der Waals surface area contributed by atoms with Crippen molar-refractivity contribution >= 4 is 21.0 Å². The summed E-state index contributed by atoms with van der Waals surface area (Å²) >= 11 is 0. The SMILES string of the molecule is CC1(c2ccc([S+](c3ccccc3)c3ccc(OCCC(F)(F)C(F)(F)S(=O)(=O)O)cc3)cc2)OCC(C)(C(F)(F)F)O1. The Morgan fingerprint density at radius 1 is 0.837 bits per heavy atom. The molecule has 0 aromatic heterocycles. The number of hydrogen-bond acceptors (Lipinski definition) is 5. The predicted octanol–water partition coefficient (Wildman–Crippen LogP) is 7.21. The maximum Gasteiger partial charge on any atom is 0.431 e. The second kappa shape index (κ2) is 11.6. The van der Waals surface area contributed by atoms with Gasteiger partial charge in [0.1, 0.15) is 5.75 Å². The predicted molar refractivity (Wildman–Crippen MR) is 142 cm³/mol. The van der Waals surface area contributed by atoms with E-state index in [9.17, 15) is 39.2 Å². The van der Waals surface area contributed by atoms with Crippen molar-refractivity contribution in [2.24, 2.45) is 0 Å². The summed E-state index contributed by atoms with van der Waals surface area (Å²) in [6.45, 7) is 0.694. The van der Waals surface area contributed by atoms with Gasteiger partial charge in [-0.1, -0.05) is 18.2 Å². The van der Waals surface area contributed by atoms with E-state index in [1.165, 1.54) is 19.1 Å². The Hall–Kier alpha value is -2.85. The lowest BCUT2D eigenvalue weighted by Crippen LogP contribution is -2.47. The molecule has 1 fully saturated rings. The third-order valence-electron chi connectivity index (χ3n) is 6.73. The normalized spacial score (nSPS) is 22.4. The lowest BCUT2D eigenvalue weighted by molar-refractivity contribution is -0.283. The molecule has 234 valence electrons. The average molecular weight is 656 g/mol. The summed E-state index contributed by atoms with van der Waals surface area (Å²) in [6, 6.07) is 22.0. The number of hydrogen-bond donors (Lipinski definition) is 1. The fraction of sp³-hybridized carbons (Fsp3) is 0.357. The summed E-state index contributed by atoms with van der Waals surface area (Å²) in [5.74, 6) is -6.67. The van der Waals surface area contributed by atoms with Crippen molar-refractivity contribution in [3.8, 4) is 5.75 Å². The highest BCUT2D eigenvalue weighted by molar-refractivity contribution is 7.97. The van der Waals surface area contributed by atoms with Crippen LogP contribution >= 0.6 is 0 Å². The van der Waals surface area contributed by atoms with E-state index in [4.69, 9.17) is 18.8 Å². The van der Waals surface area contributed by atoms with Crippen LogP contribution < -0.4 is 4.74 Å². The lowest BCUT2D eigenvalue weighted by Gasteiger charge is -2.29. The Labute approximate surface area is 245 Å². The first-order chi connectivity index (χ1) is 19.8. The van der Waals surface area contributed by atoms with E-state index in [2.05, 4.69) is 0 Å². The van der Waals surface area contributed by atoms with Gasteiger partial charge >= 0.3 is 27.5 Å². The third-order valence-corrected chi connectivity index (χ3v) is 9.91. The standard InChI is InChI=1S/C28H25F7O6S2/c1-24(27(31,32)33)18-40-25(2,41-24)19-8-12-22(13-9-19)42(21-6-4-3-5-7-21)23-14-10-20(11-15-23)39-17-16-26(29,30)28(34,35)43(36,37)38/h3-15H,16-18H2,1-2H3/p+1. The number of benzene rings is 3. The number of rotatable bonds is 10. The quantitative estimate of drug-likeness (QED) is 0.141. The molecule has 3 atom stereocenters. The fourth-order valence-electron chi connectivity index (χ4n) is 4.21. The van der Waals surface area contributed by atoms with Gasteiger partial charge in [-0.2, -0.15) is 39.2 Å². The maximum atomic E-state index is 13.8. The van der Waals surface area contributed by atoms with Gasteiger partial charge in [0.2, 0.25) is 0 Å². The van der Waals surface area contributed by atoms with Gasteiger partial charge in [-0.3, -0.25) is 4.55 Å². The minimum Gasteiger partial charge on any atom is -0.493 e. The molecule has 43 heavy (non-hydrogen) atoms. The number of halogens is 7. The molecule has 1 saturated heterocycles. The second-order valence-electron chi connectivity index (χ2n) is 9.97. The summed E-state index contributed by atoms with van der Waals surface area (Å²) in [6.07, 6.45) is -6.32. The molecular weight excluding hydrogens is 629 g/mol. The summed E-state index contributed by atoms with van der Waals surface area (Å²) in [7, 11) is -7.09. The van der Waals surface area contributed by atoms with Crippen LogP contribution in [-0.4, -0.2) is 49.1 Å². The molecule has 15 heteroatoms. The van der Waals surface area contributed by atoms with Crippen LogP contribution in [0.5, 0.6) is 5.75 Å². The fourth-order valence-corrected chi connectivity index (χ4v) is 6.75. The molecule has 1 N–H and O–H groups in total. The monoisotopic (exact) mass is 655 g/mol. The number of alkyl halides is 7. The van der Waals surface area contributed by atoms with E-state index in [0.717, 1.165) is 21.6 Å². The van der Waals surface area contributed by atoms with E-state index in [0.29, 0.717) is 5.56 Å². The molecule has 3 aromatic rings. The molecule has 3 unspecified atom stereocenters. The van der Waals surface area contributed by atoms with Crippen LogP contribution in [-0.2, 0) is 36.3 Å². The summed E-state index contributed by atoms with van der Waals surface area (Å²) < 4.78 is 140. The van der Waals surface area contributed by atoms with Gasteiger partial charge < -0.3 is 14.2 Å². The highest BCUT2D eigenvalue weighted by Gasteiger charge is 2.65. The van der Waals surface area contributed by atoms with Gasteiger partial charge in [-0.15, -0.1) is 0 Å². The molecule has 1 aliphatic rings. The summed E-state index contributed by atoms with van der Waals surface area (Å²) in [4.78, 5) is 2.38. The topological polar surface area (TPSA) is 82.1 Å². The summed E-state index contributed by atoms with van der Waals surface area (Å²) in [5.41, 5.74) is -2.09. The average Bonchev–Trinajstić information content (AvgIpc) is 3.27. The molecule has 0 bridgehead atoms. The molecule has 6 nitrogen and oxygen atoms in total. The molecule has 3 aromatic carbocycles. The minimum atomic E-state index is -6.34. The van der Waals surface area contributed by atoms with Crippen LogP contribution in [0.4, 0.5) is 30.7 Å². The zero-order valence-electron chi connectivity index (χ0n) is 22.6. The molecule has 0 radical (unpaired) electrons. The Morgan fingerprint density at radius 3 is 1.84 bits per heavy atom. The smallest absolute Gasteiger partial charge is 0.431 e. The Kier molecular flexibility index (Phi) is 8.90. The third kappa shape index (κ3) is 6.65. The first kappa shape index (κ1) is 33.1.